The second kappa shape index (κ2) is 3.76. The molecule has 0 spiro atoms. The molecule has 0 unspecified atom stereocenters. The lowest BCUT2D eigenvalue weighted by Crippen LogP contribution is -2.28. The van der Waals surface area contributed by atoms with Crippen molar-refractivity contribution in [3.8, 4) is 10.6 Å². The molecule has 1 aromatic carbocycles. The first kappa shape index (κ1) is 10.3. The highest BCUT2D eigenvalue weighted by molar-refractivity contribution is 7.13. The summed E-state index contributed by atoms with van der Waals surface area (Å²) in [4.78, 5) is 4.55. The molecule has 0 amide bonds. The smallest absolute Gasteiger partial charge is 0.123 e. The van der Waals surface area contributed by atoms with Crippen molar-refractivity contribution in [1.82, 2.24) is 4.98 Å². The van der Waals surface area contributed by atoms with Crippen LogP contribution in [0.4, 0.5) is 0 Å². The van der Waals surface area contributed by atoms with Crippen LogP contribution in [0.5, 0.6) is 0 Å². The van der Waals surface area contributed by atoms with Gasteiger partial charge in [0.15, 0.2) is 0 Å². The van der Waals surface area contributed by atoms with E-state index in [1.54, 1.807) is 11.3 Å². The molecule has 0 aliphatic heterocycles. The highest BCUT2D eigenvalue weighted by atomic mass is 32.1. The Balaban J connectivity index is 2.37. The first-order chi connectivity index (χ1) is 7.07. The maximum atomic E-state index is 5.99. The van der Waals surface area contributed by atoms with Crippen molar-refractivity contribution in [2.75, 3.05) is 0 Å². The number of hydrogen-bond acceptors (Lipinski definition) is 3. The first-order valence-corrected chi connectivity index (χ1v) is 5.75. The van der Waals surface area contributed by atoms with E-state index < -0.39 is 0 Å². The molecular weight excluding hydrogens is 204 g/mol. The van der Waals surface area contributed by atoms with Crippen molar-refractivity contribution in [2.45, 2.75) is 19.4 Å². The summed E-state index contributed by atoms with van der Waals surface area (Å²) in [6.45, 7) is 3.94. The standard InChI is InChI=1S/C12H14N2S/c1-12(2,13)10-8-15-11(14-10)9-6-4-3-5-7-9/h3-8H,13H2,1-2H3. The second-order valence-corrected chi connectivity index (χ2v) is 4.98. The molecule has 0 saturated heterocycles. The molecular formula is C12H14N2S. The van der Waals surface area contributed by atoms with Crippen LogP contribution in [0.15, 0.2) is 35.7 Å². The molecule has 0 fully saturated rings. The van der Waals surface area contributed by atoms with E-state index in [4.69, 9.17) is 5.73 Å². The molecule has 78 valence electrons. The molecule has 3 heteroatoms. The van der Waals surface area contributed by atoms with E-state index in [1.807, 2.05) is 37.4 Å². The zero-order valence-electron chi connectivity index (χ0n) is 8.90. The predicted octanol–water partition coefficient (Wildman–Crippen LogP) is 3.00. The number of rotatable bonds is 2. The number of thiazole rings is 1. The Hall–Kier alpha value is -1.19. The summed E-state index contributed by atoms with van der Waals surface area (Å²) in [6, 6.07) is 10.2. The van der Waals surface area contributed by atoms with Gasteiger partial charge in [0.1, 0.15) is 5.01 Å². The van der Waals surface area contributed by atoms with Crippen LogP contribution in [0, 0.1) is 0 Å². The lowest BCUT2D eigenvalue weighted by Gasteiger charge is -2.14. The second-order valence-electron chi connectivity index (χ2n) is 4.13. The summed E-state index contributed by atoms with van der Waals surface area (Å²) < 4.78 is 0. The fourth-order valence-electron chi connectivity index (χ4n) is 1.28. The average Bonchev–Trinajstić information content (AvgIpc) is 2.67. The van der Waals surface area contributed by atoms with Crippen LogP contribution >= 0.6 is 11.3 Å². The van der Waals surface area contributed by atoms with Crippen molar-refractivity contribution < 1.29 is 0 Å². The van der Waals surface area contributed by atoms with Gasteiger partial charge in [-0.05, 0) is 13.8 Å². The summed E-state index contributed by atoms with van der Waals surface area (Å²) in [5.41, 5.74) is 7.74. The van der Waals surface area contributed by atoms with Gasteiger partial charge in [0.2, 0.25) is 0 Å². The minimum atomic E-state index is -0.358. The van der Waals surface area contributed by atoms with Gasteiger partial charge in [-0.3, -0.25) is 0 Å². The third-order valence-electron chi connectivity index (χ3n) is 2.19. The predicted molar refractivity (Wildman–Crippen MR) is 64.8 cm³/mol. The minimum absolute atomic E-state index is 0.358. The maximum absolute atomic E-state index is 5.99. The van der Waals surface area contributed by atoms with Crippen LogP contribution in [0.1, 0.15) is 19.5 Å². The molecule has 0 radical (unpaired) electrons. The van der Waals surface area contributed by atoms with Crippen molar-refractivity contribution in [1.29, 1.82) is 0 Å². The lowest BCUT2D eigenvalue weighted by atomic mass is 10.0. The fourth-order valence-corrected chi connectivity index (χ4v) is 2.29. The molecule has 0 aliphatic carbocycles. The fraction of sp³-hybridized carbons (Fsp3) is 0.250. The van der Waals surface area contributed by atoms with Crippen LogP contribution in [-0.4, -0.2) is 4.98 Å². The molecule has 0 bridgehead atoms. The number of benzene rings is 1. The Labute approximate surface area is 93.8 Å². The zero-order chi connectivity index (χ0) is 10.9. The normalized spacial score (nSPS) is 11.7. The molecule has 0 atom stereocenters. The molecule has 1 aromatic heterocycles. The molecule has 1 heterocycles. The quantitative estimate of drug-likeness (QED) is 0.841. The molecule has 0 aliphatic rings. The first-order valence-electron chi connectivity index (χ1n) is 4.88. The van der Waals surface area contributed by atoms with Crippen LogP contribution in [0.3, 0.4) is 0 Å². The average molecular weight is 218 g/mol. The largest absolute Gasteiger partial charge is 0.321 e. The van der Waals surface area contributed by atoms with E-state index in [1.165, 1.54) is 0 Å². The highest BCUT2D eigenvalue weighted by Crippen LogP contribution is 2.27. The van der Waals surface area contributed by atoms with Crippen LogP contribution < -0.4 is 5.73 Å². The zero-order valence-corrected chi connectivity index (χ0v) is 9.71. The van der Waals surface area contributed by atoms with Gasteiger partial charge in [-0.2, -0.15) is 0 Å². The van der Waals surface area contributed by atoms with Crippen molar-refractivity contribution in [2.24, 2.45) is 5.73 Å². The molecule has 2 aromatic rings. The summed E-state index contributed by atoms with van der Waals surface area (Å²) in [5.74, 6) is 0. The monoisotopic (exact) mass is 218 g/mol. The van der Waals surface area contributed by atoms with Gasteiger partial charge in [0, 0.05) is 10.9 Å². The van der Waals surface area contributed by atoms with Gasteiger partial charge >= 0.3 is 0 Å². The SMILES string of the molecule is CC(C)(N)c1csc(-c2ccccc2)n1. The third-order valence-corrected chi connectivity index (χ3v) is 3.08. The van der Waals surface area contributed by atoms with Crippen LogP contribution in [0.2, 0.25) is 0 Å². The lowest BCUT2D eigenvalue weighted by molar-refractivity contribution is 0.539. The Morgan fingerprint density at radius 1 is 1.20 bits per heavy atom. The Kier molecular flexibility index (Phi) is 2.59. The topological polar surface area (TPSA) is 38.9 Å². The van der Waals surface area contributed by atoms with Crippen molar-refractivity contribution in [3.05, 3.63) is 41.4 Å². The number of aromatic nitrogens is 1. The number of hydrogen-bond donors (Lipinski definition) is 1. The van der Waals surface area contributed by atoms with Gasteiger partial charge in [-0.15, -0.1) is 11.3 Å². The molecule has 2 rings (SSSR count). The van der Waals surface area contributed by atoms with Crippen LogP contribution in [0.25, 0.3) is 10.6 Å². The van der Waals surface area contributed by atoms with E-state index in [-0.39, 0.29) is 5.54 Å². The minimum Gasteiger partial charge on any atom is -0.321 e. The van der Waals surface area contributed by atoms with E-state index >= 15 is 0 Å². The van der Waals surface area contributed by atoms with Gasteiger partial charge < -0.3 is 5.73 Å². The van der Waals surface area contributed by atoms with Crippen molar-refractivity contribution >= 4 is 11.3 Å². The van der Waals surface area contributed by atoms with E-state index in [9.17, 15) is 0 Å². The van der Waals surface area contributed by atoms with Gasteiger partial charge in [0.05, 0.1) is 11.2 Å². The van der Waals surface area contributed by atoms with E-state index in [2.05, 4.69) is 17.1 Å². The summed E-state index contributed by atoms with van der Waals surface area (Å²) in [7, 11) is 0. The molecule has 2 nitrogen and oxygen atoms in total. The summed E-state index contributed by atoms with van der Waals surface area (Å²) in [6.07, 6.45) is 0. The Bertz CT molecular complexity index is 440. The Morgan fingerprint density at radius 2 is 1.87 bits per heavy atom. The third kappa shape index (κ3) is 2.25. The summed E-state index contributed by atoms with van der Waals surface area (Å²) in [5, 5.41) is 3.06. The van der Waals surface area contributed by atoms with E-state index in [0.717, 1.165) is 16.3 Å². The molecule has 0 saturated carbocycles. The maximum Gasteiger partial charge on any atom is 0.123 e. The van der Waals surface area contributed by atoms with Gasteiger partial charge in [0.25, 0.3) is 0 Å². The number of nitrogens with two attached hydrogens (primary N) is 1. The number of nitrogens with zero attached hydrogens (tertiary/aromatic N) is 1. The summed E-state index contributed by atoms with van der Waals surface area (Å²) >= 11 is 1.64. The van der Waals surface area contributed by atoms with E-state index in [0.29, 0.717) is 0 Å². The molecule has 15 heavy (non-hydrogen) atoms. The van der Waals surface area contributed by atoms with Gasteiger partial charge in [-0.1, -0.05) is 30.3 Å². The van der Waals surface area contributed by atoms with Crippen molar-refractivity contribution in [3.63, 3.8) is 0 Å². The van der Waals surface area contributed by atoms with Crippen LogP contribution in [-0.2, 0) is 5.54 Å². The van der Waals surface area contributed by atoms with Gasteiger partial charge in [-0.25, -0.2) is 4.98 Å². The molecule has 2 N–H and O–H groups in total. The highest BCUT2D eigenvalue weighted by Gasteiger charge is 2.18. The Morgan fingerprint density at radius 3 is 2.40 bits per heavy atom.